The molecule has 2 aliphatic rings. The summed E-state index contributed by atoms with van der Waals surface area (Å²) in [5, 5.41) is 13.7. The maximum atomic E-state index is 13.2. The van der Waals surface area contributed by atoms with E-state index in [0.717, 1.165) is 69.4 Å². The summed E-state index contributed by atoms with van der Waals surface area (Å²) in [4.78, 5) is 17.9. The lowest BCUT2D eigenvalue weighted by Gasteiger charge is -2.41. The van der Waals surface area contributed by atoms with Crippen LogP contribution in [0.25, 0.3) is 0 Å². The number of aliphatic hydroxyl groups excluding tert-OH is 1. The molecule has 1 aliphatic carbocycles. The molecule has 1 heterocycles. The average molecular weight is 522 g/mol. The van der Waals surface area contributed by atoms with Crippen LogP contribution in [0, 0.1) is 24.7 Å². The van der Waals surface area contributed by atoms with Gasteiger partial charge in [-0.3, -0.25) is 4.79 Å². The SMILES string of the molecule is CCN(CC)CCNC(=O)C1CC=C(C(CC)(CC)c2ccc(C#CC(O)C3CCCC3)c(C)c2)N1CC. The fourth-order valence-corrected chi connectivity index (χ4v) is 6.55. The lowest BCUT2D eigenvalue weighted by molar-refractivity contribution is -0.125. The van der Waals surface area contributed by atoms with Crippen LogP contribution in [0.4, 0.5) is 0 Å². The highest BCUT2D eigenvalue weighted by Crippen LogP contribution is 2.44. The number of amides is 1. The number of nitrogens with one attached hydrogen (secondary N) is 1. The zero-order chi connectivity index (χ0) is 27.7. The van der Waals surface area contributed by atoms with Crippen molar-refractivity contribution in [2.75, 3.05) is 32.7 Å². The van der Waals surface area contributed by atoms with E-state index >= 15 is 0 Å². The second kappa shape index (κ2) is 14.2. The number of aliphatic hydroxyl groups is 1. The molecule has 1 aromatic rings. The Hall–Kier alpha value is -2.29. The zero-order valence-electron chi connectivity index (χ0n) is 24.8. The molecule has 2 atom stereocenters. The van der Waals surface area contributed by atoms with E-state index in [1.54, 1.807) is 0 Å². The monoisotopic (exact) mass is 521 g/mol. The largest absolute Gasteiger partial charge is 0.380 e. The number of rotatable bonds is 12. The number of benzene rings is 1. The van der Waals surface area contributed by atoms with E-state index in [9.17, 15) is 9.90 Å². The lowest BCUT2D eigenvalue weighted by atomic mass is 9.72. The molecule has 0 spiro atoms. The van der Waals surface area contributed by atoms with E-state index in [-0.39, 0.29) is 17.4 Å². The first-order chi connectivity index (χ1) is 18.3. The minimum Gasteiger partial charge on any atom is -0.380 e. The molecule has 0 saturated heterocycles. The van der Waals surface area contributed by atoms with Crippen molar-refractivity contribution in [3.8, 4) is 11.8 Å². The number of hydrogen-bond donors (Lipinski definition) is 2. The second-order valence-electron chi connectivity index (χ2n) is 11.0. The fourth-order valence-electron chi connectivity index (χ4n) is 6.55. The van der Waals surface area contributed by atoms with Crippen LogP contribution in [-0.2, 0) is 10.2 Å². The fraction of sp³-hybridized carbons (Fsp3) is 0.667. The van der Waals surface area contributed by atoms with E-state index in [1.807, 2.05) is 0 Å². The first-order valence-corrected chi connectivity index (χ1v) is 15.1. The van der Waals surface area contributed by atoms with Gasteiger partial charge in [0.25, 0.3) is 0 Å². The number of hydrogen-bond acceptors (Lipinski definition) is 4. The van der Waals surface area contributed by atoms with Crippen molar-refractivity contribution in [3.05, 3.63) is 46.7 Å². The minimum absolute atomic E-state index is 0.133. The topological polar surface area (TPSA) is 55.8 Å². The Morgan fingerprint density at radius 2 is 1.84 bits per heavy atom. The summed E-state index contributed by atoms with van der Waals surface area (Å²) < 4.78 is 0. The maximum Gasteiger partial charge on any atom is 0.243 e. The quantitative estimate of drug-likeness (QED) is 0.362. The van der Waals surface area contributed by atoms with Gasteiger partial charge < -0.3 is 20.2 Å². The molecule has 0 radical (unpaired) electrons. The number of likely N-dealkylation sites (N-methyl/N-ethyl adjacent to an activating group) is 2. The maximum absolute atomic E-state index is 13.2. The third-order valence-corrected chi connectivity index (χ3v) is 9.16. The molecule has 0 aromatic heterocycles. The van der Waals surface area contributed by atoms with Gasteiger partial charge in [-0.2, -0.15) is 0 Å². The summed E-state index contributed by atoms with van der Waals surface area (Å²) in [6, 6.07) is 6.48. The average Bonchev–Trinajstić information content (AvgIpc) is 3.62. The van der Waals surface area contributed by atoms with E-state index in [1.165, 1.54) is 24.1 Å². The van der Waals surface area contributed by atoms with Gasteiger partial charge in [-0.15, -0.1) is 0 Å². The summed E-state index contributed by atoms with van der Waals surface area (Å²) in [6.45, 7) is 17.5. The highest BCUT2D eigenvalue weighted by atomic mass is 16.3. The van der Waals surface area contributed by atoms with Gasteiger partial charge in [-0.05, 0) is 82.2 Å². The third-order valence-electron chi connectivity index (χ3n) is 9.16. The van der Waals surface area contributed by atoms with E-state index in [0.29, 0.717) is 12.5 Å². The van der Waals surface area contributed by atoms with E-state index in [4.69, 9.17) is 0 Å². The molecular weight excluding hydrogens is 470 g/mol. The highest BCUT2D eigenvalue weighted by molar-refractivity contribution is 5.83. The Morgan fingerprint density at radius 1 is 1.16 bits per heavy atom. The first-order valence-electron chi connectivity index (χ1n) is 15.1. The Balaban J connectivity index is 1.78. The van der Waals surface area contributed by atoms with Crippen molar-refractivity contribution < 1.29 is 9.90 Å². The molecule has 1 aliphatic heterocycles. The van der Waals surface area contributed by atoms with Crippen molar-refractivity contribution in [1.29, 1.82) is 0 Å². The number of aryl methyl sites for hydroxylation is 1. The Labute approximate surface area is 232 Å². The first kappa shape index (κ1) is 30.3. The summed E-state index contributed by atoms with van der Waals surface area (Å²) >= 11 is 0. The van der Waals surface area contributed by atoms with Gasteiger partial charge in [0.2, 0.25) is 5.91 Å². The normalized spacial score (nSPS) is 18.9. The molecular formula is C33H51N3O2. The molecule has 2 unspecified atom stereocenters. The van der Waals surface area contributed by atoms with Crippen LogP contribution in [0.5, 0.6) is 0 Å². The predicted octanol–water partition coefficient (Wildman–Crippen LogP) is 5.39. The standard InChI is InChI=1S/C33H51N3O2/c1-7-33(8-2,28-18-16-26(25(6)24-28)17-20-30(37)27-14-12-13-15-27)31-21-19-29(36(31)11-5)32(38)34-22-23-35(9-3)10-4/h16,18,21,24,27,29-30,37H,7-15,19,22-23H2,1-6H3,(H,34,38). The van der Waals surface area contributed by atoms with Crippen molar-refractivity contribution in [1.82, 2.24) is 15.1 Å². The molecule has 3 rings (SSSR count). The van der Waals surface area contributed by atoms with Crippen LogP contribution in [0.1, 0.15) is 96.3 Å². The Morgan fingerprint density at radius 3 is 2.42 bits per heavy atom. The Bertz CT molecular complexity index is 1010. The van der Waals surface area contributed by atoms with Gasteiger partial charge in [-0.1, -0.05) is 70.6 Å². The summed E-state index contributed by atoms with van der Waals surface area (Å²) in [7, 11) is 0. The van der Waals surface area contributed by atoms with Crippen LogP contribution >= 0.6 is 0 Å². The van der Waals surface area contributed by atoms with Crippen LogP contribution in [0.2, 0.25) is 0 Å². The van der Waals surface area contributed by atoms with Gasteiger partial charge >= 0.3 is 0 Å². The summed E-state index contributed by atoms with van der Waals surface area (Å²) in [5.74, 6) is 6.86. The van der Waals surface area contributed by atoms with Gasteiger partial charge in [0.05, 0.1) is 0 Å². The third kappa shape index (κ3) is 6.64. The van der Waals surface area contributed by atoms with Crippen molar-refractivity contribution in [3.63, 3.8) is 0 Å². The van der Waals surface area contributed by atoms with Crippen LogP contribution in [0.3, 0.4) is 0 Å². The Kier molecular flexibility index (Phi) is 11.3. The molecule has 5 heteroatoms. The van der Waals surface area contributed by atoms with Gasteiger partial charge in [-0.25, -0.2) is 0 Å². The number of carbonyl (C=O) groups excluding carboxylic acids is 1. The van der Waals surface area contributed by atoms with E-state index in [2.05, 4.69) is 92.8 Å². The molecule has 38 heavy (non-hydrogen) atoms. The lowest BCUT2D eigenvalue weighted by Crippen LogP contribution is -2.48. The number of nitrogens with zero attached hydrogens (tertiary/aromatic N) is 2. The number of allylic oxidation sites excluding steroid dienone is 1. The van der Waals surface area contributed by atoms with Gasteiger partial charge in [0.15, 0.2) is 0 Å². The smallest absolute Gasteiger partial charge is 0.243 e. The summed E-state index contributed by atoms with van der Waals surface area (Å²) in [5.41, 5.74) is 4.56. The minimum atomic E-state index is -0.529. The van der Waals surface area contributed by atoms with Crippen LogP contribution in [-0.4, -0.2) is 65.7 Å². The molecule has 210 valence electrons. The molecule has 1 amide bonds. The van der Waals surface area contributed by atoms with Crippen LogP contribution < -0.4 is 5.32 Å². The van der Waals surface area contributed by atoms with Crippen molar-refractivity contribution in [2.45, 2.75) is 104 Å². The highest BCUT2D eigenvalue weighted by Gasteiger charge is 2.42. The van der Waals surface area contributed by atoms with E-state index < -0.39 is 6.10 Å². The summed E-state index contributed by atoms with van der Waals surface area (Å²) in [6.07, 6.45) is 9.05. The molecule has 0 bridgehead atoms. The molecule has 2 N–H and O–H groups in total. The molecule has 5 nitrogen and oxygen atoms in total. The van der Waals surface area contributed by atoms with Crippen molar-refractivity contribution in [2.24, 2.45) is 5.92 Å². The molecule has 1 saturated carbocycles. The molecule has 1 aromatic carbocycles. The molecule has 1 fully saturated rings. The zero-order valence-corrected chi connectivity index (χ0v) is 24.8. The second-order valence-corrected chi connectivity index (χ2v) is 11.0. The predicted molar refractivity (Wildman–Crippen MR) is 158 cm³/mol. The number of carbonyl (C=O) groups is 1. The van der Waals surface area contributed by atoms with Crippen LogP contribution in [0.15, 0.2) is 30.0 Å². The van der Waals surface area contributed by atoms with Gasteiger partial charge in [0, 0.05) is 36.3 Å². The van der Waals surface area contributed by atoms with Crippen molar-refractivity contribution >= 4 is 5.91 Å². The van der Waals surface area contributed by atoms with Gasteiger partial charge in [0.1, 0.15) is 12.1 Å².